The van der Waals surface area contributed by atoms with Gasteiger partial charge in [0.1, 0.15) is 5.82 Å². The number of carbonyl (C=O) groups excluding carboxylic acids is 2. The second-order valence-electron chi connectivity index (χ2n) is 10.2. The molecule has 0 bridgehead atoms. The molecule has 3 heterocycles. The van der Waals surface area contributed by atoms with E-state index in [1.54, 1.807) is 0 Å². The van der Waals surface area contributed by atoms with E-state index < -0.39 is 58.7 Å². The summed E-state index contributed by atoms with van der Waals surface area (Å²) in [7, 11) is -1.72. The van der Waals surface area contributed by atoms with Crippen molar-refractivity contribution >= 4 is 33.0 Å². The molecule has 1 aromatic carbocycles. The Morgan fingerprint density at radius 1 is 1.21 bits per heavy atom. The van der Waals surface area contributed by atoms with Crippen LogP contribution < -0.4 is 16.0 Å². The summed E-state index contributed by atoms with van der Waals surface area (Å²) in [5, 5.41) is 6.56. The van der Waals surface area contributed by atoms with E-state index in [0.29, 0.717) is 0 Å². The highest BCUT2D eigenvalue weighted by Gasteiger charge is 2.41. The Balaban J connectivity index is 1.88. The predicted octanol–water partition coefficient (Wildman–Crippen LogP) is 4.63. The molecule has 1 fully saturated rings. The standard InChI is InChI=1S/C27H30F5N7O3S/c1-16-21(17-14-34-38(2)15-17)23(27(30,31)32)36-24(39-10-5-8-26(28,29)9-11-39)22(16)25(41)35-18-6-4-7-19(12-18)43(3,42)37-20(40)13-33/h4,6-7,12,14-15H,5,8-11,13,33H2,1-3H3,(H,35,41)/t43-/m1/s1. The molecule has 4 rings (SSSR count). The van der Waals surface area contributed by atoms with Crippen molar-refractivity contribution in [1.82, 2.24) is 14.8 Å². The van der Waals surface area contributed by atoms with Crippen LogP contribution in [0, 0.1) is 6.92 Å². The number of aromatic nitrogens is 3. The molecule has 10 nitrogen and oxygen atoms in total. The molecule has 16 heteroatoms. The molecule has 2 aromatic heterocycles. The summed E-state index contributed by atoms with van der Waals surface area (Å²) in [6.07, 6.45) is -2.28. The van der Waals surface area contributed by atoms with Gasteiger partial charge < -0.3 is 16.0 Å². The zero-order chi connectivity index (χ0) is 31.7. The molecule has 0 unspecified atom stereocenters. The number of nitrogens with one attached hydrogen (secondary N) is 1. The molecule has 0 saturated carbocycles. The Morgan fingerprint density at radius 3 is 2.56 bits per heavy atom. The van der Waals surface area contributed by atoms with Crippen molar-refractivity contribution < 1.29 is 35.8 Å². The number of nitrogens with zero attached hydrogens (tertiary/aromatic N) is 5. The first-order valence-corrected chi connectivity index (χ1v) is 15.0. The zero-order valence-electron chi connectivity index (χ0n) is 23.5. The second-order valence-corrected chi connectivity index (χ2v) is 12.5. The van der Waals surface area contributed by atoms with Gasteiger partial charge in [-0.2, -0.15) is 22.6 Å². The summed E-state index contributed by atoms with van der Waals surface area (Å²) in [5.74, 6) is -5.06. The molecule has 0 aliphatic carbocycles. The molecule has 232 valence electrons. The minimum absolute atomic E-state index is 0.0293. The largest absolute Gasteiger partial charge is 0.434 e. The van der Waals surface area contributed by atoms with Crippen molar-refractivity contribution in [3.05, 3.63) is 53.5 Å². The molecule has 1 atom stereocenters. The van der Waals surface area contributed by atoms with Gasteiger partial charge in [-0.05, 0) is 37.1 Å². The number of aryl methyl sites for hydroxylation is 1. The third kappa shape index (κ3) is 7.18. The molecule has 3 aromatic rings. The van der Waals surface area contributed by atoms with Gasteiger partial charge >= 0.3 is 6.18 Å². The number of anilines is 2. The first-order chi connectivity index (χ1) is 20.0. The fraction of sp³-hybridized carbons (Fsp3) is 0.407. The van der Waals surface area contributed by atoms with Gasteiger partial charge in [0, 0.05) is 67.1 Å². The maximum absolute atomic E-state index is 14.4. The van der Waals surface area contributed by atoms with Crippen LogP contribution in [-0.2, 0) is 27.7 Å². The monoisotopic (exact) mass is 627 g/mol. The number of hydrogen-bond donors (Lipinski definition) is 2. The van der Waals surface area contributed by atoms with Gasteiger partial charge in [0.15, 0.2) is 5.69 Å². The molecule has 0 spiro atoms. The average molecular weight is 628 g/mol. The highest BCUT2D eigenvalue weighted by Crippen LogP contribution is 2.42. The number of benzene rings is 1. The summed E-state index contributed by atoms with van der Waals surface area (Å²) < 4.78 is 89.6. The molecule has 3 N–H and O–H groups in total. The van der Waals surface area contributed by atoms with Crippen LogP contribution in [0.15, 0.2) is 45.9 Å². The minimum atomic E-state index is -4.95. The van der Waals surface area contributed by atoms with E-state index in [-0.39, 0.29) is 58.2 Å². The van der Waals surface area contributed by atoms with Crippen molar-refractivity contribution in [2.24, 2.45) is 17.1 Å². The van der Waals surface area contributed by atoms with Crippen LogP contribution in [-0.4, -0.2) is 62.6 Å². The van der Waals surface area contributed by atoms with E-state index in [0.717, 1.165) is 0 Å². The normalized spacial score (nSPS) is 16.7. The topological polar surface area (TPSA) is 136 Å². The Bertz CT molecular complexity index is 1680. The van der Waals surface area contributed by atoms with E-state index in [1.807, 2.05) is 0 Å². The molecule has 1 aliphatic heterocycles. The quantitative estimate of drug-likeness (QED) is 0.381. The lowest BCUT2D eigenvalue weighted by atomic mass is 9.95. The van der Waals surface area contributed by atoms with Crippen LogP contribution in [0.1, 0.15) is 40.9 Å². The molecule has 1 aliphatic rings. The molecule has 1 saturated heterocycles. The summed E-state index contributed by atoms with van der Waals surface area (Å²) >= 11 is 0. The maximum Gasteiger partial charge on any atom is 0.434 e. The van der Waals surface area contributed by atoms with Gasteiger partial charge in [0.2, 0.25) is 5.92 Å². The third-order valence-corrected chi connectivity index (χ3v) is 8.60. The van der Waals surface area contributed by atoms with Gasteiger partial charge in [-0.1, -0.05) is 6.07 Å². The smallest absolute Gasteiger partial charge is 0.356 e. The predicted molar refractivity (Wildman–Crippen MR) is 150 cm³/mol. The van der Waals surface area contributed by atoms with Crippen LogP contribution in [0.3, 0.4) is 0 Å². The van der Waals surface area contributed by atoms with Crippen molar-refractivity contribution in [1.29, 1.82) is 0 Å². The minimum Gasteiger partial charge on any atom is -0.356 e. The van der Waals surface area contributed by atoms with Gasteiger partial charge in [0.25, 0.3) is 11.8 Å². The molecular weight excluding hydrogens is 597 g/mol. The van der Waals surface area contributed by atoms with E-state index in [4.69, 9.17) is 5.73 Å². The van der Waals surface area contributed by atoms with E-state index in [2.05, 4.69) is 19.8 Å². The fourth-order valence-electron chi connectivity index (χ4n) is 4.86. The highest BCUT2D eigenvalue weighted by atomic mass is 32.2. The van der Waals surface area contributed by atoms with Crippen LogP contribution in [0.2, 0.25) is 0 Å². The lowest BCUT2D eigenvalue weighted by molar-refractivity contribution is -0.140. The number of carbonyl (C=O) groups is 2. The number of pyridine rings is 1. The van der Waals surface area contributed by atoms with Crippen LogP contribution in [0.25, 0.3) is 11.1 Å². The van der Waals surface area contributed by atoms with Crippen LogP contribution in [0.4, 0.5) is 33.5 Å². The second kappa shape index (κ2) is 12.0. The van der Waals surface area contributed by atoms with Crippen LogP contribution >= 0.6 is 0 Å². The Kier molecular flexibility index (Phi) is 8.92. The molecule has 2 amide bonds. The fourth-order valence-corrected chi connectivity index (χ4v) is 6.11. The Hall–Kier alpha value is -3.92. The first kappa shape index (κ1) is 32.0. The van der Waals surface area contributed by atoms with Gasteiger partial charge in [0.05, 0.1) is 28.0 Å². The average Bonchev–Trinajstić information content (AvgIpc) is 3.25. The maximum atomic E-state index is 14.4. The number of rotatable bonds is 6. The number of hydrogen-bond acceptors (Lipinski definition) is 7. The van der Waals surface area contributed by atoms with Crippen molar-refractivity contribution in [2.45, 2.75) is 43.2 Å². The van der Waals surface area contributed by atoms with Crippen molar-refractivity contribution in [3.8, 4) is 11.1 Å². The highest BCUT2D eigenvalue weighted by molar-refractivity contribution is 7.93. The summed E-state index contributed by atoms with van der Waals surface area (Å²) in [6, 6.07) is 5.64. The number of halogens is 5. The van der Waals surface area contributed by atoms with E-state index >= 15 is 0 Å². The summed E-state index contributed by atoms with van der Waals surface area (Å²) in [5.41, 5.74) is 3.44. The third-order valence-electron chi connectivity index (χ3n) is 6.91. The van der Waals surface area contributed by atoms with E-state index in [9.17, 15) is 35.8 Å². The van der Waals surface area contributed by atoms with Crippen molar-refractivity contribution in [3.63, 3.8) is 0 Å². The zero-order valence-corrected chi connectivity index (χ0v) is 24.4. The number of nitrogens with two attached hydrogens (primary N) is 1. The summed E-state index contributed by atoms with van der Waals surface area (Å²) in [6.45, 7) is 0.506. The van der Waals surface area contributed by atoms with Gasteiger partial charge in [-0.25, -0.2) is 18.0 Å². The first-order valence-electron chi connectivity index (χ1n) is 13.1. The van der Waals surface area contributed by atoms with Gasteiger partial charge in [-0.3, -0.25) is 14.3 Å². The lowest BCUT2D eigenvalue weighted by Gasteiger charge is -2.27. The van der Waals surface area contributed by atoms with Crippen molar-refractivity contribution in [2.75, 3.05) is 36.1 Å². The number of alkyl halides is 5. The lowest BCUT2D eigenvalue weighted by Crippen LogP contribution is -2.31. The molecular formula is C27H30F5N7O3S. The van der Waals surface area contributed by atoms with Gasteiger partial charge in [-0.15, -0.1) is 0 Å². The summed E-state index contributed by atoms with van der Waals surface area (Å²) in [4.78, 5) is 30.8. The Labute approximate surface area is 244 Å². The Morgan fingerprint density at radius 2 is 1.93 bits per heavy atom. The molecule has 0 radical (unpaired) electrons. The number of amides is 2. The van der Waals surface area contributed by atoms with Crippen LogP contribution in [0.5, 0.6) is 0 Å². The SMILES string of the molecule is Cc1c(C(=O)Nc2cccc([S@@](C)(=O)=NC(=O)CN)c2)c(N2CCCC(F)(F)CC2)nc(C(F)(F)F)c1-c1cnn(C)c1. The molecule has 43 heavy (non-hydrogen) atoms. The van der Waals surface area contributed by atoms with E-state index in [1.165, 1.54) is 66.5 Å².